The molecule has 112 valence electrons. The van der Waals surface area contributed by atoms with Crippen LogP contribution in [0, 0.1) is 0 Å². The number of nitrogens with zero attached hydrogens (tertiary/aromatic N) is 1. The second-order valence-electron chi connectivity index (χ2n) is 5.83. The van der Waals surface area contributed by atoms with Crippen molar-refractivity contribution in [2.45, 2.75) is 38.2 Å². The first-order chi connectivity index (χ1) is 9.61. The Morgan fingerprint density at radius 3 is 2.57 bits per heavy atom. The molecule has 2 aliphatic heterocycles. The van der Waals surface area contributed by atoms with Gasteiger partial charge in [-0.1, -0.05) is 6.07 Å². The summed E-state index contributed by atoms with van der Waals surface area (Å²) in [5.41, 5.74) is -0.642. The minimum Gasteiger partial charge on any atom is -0.430 e. The van der Waals surface area contributed by atoms with E-state index in [4.69, 9.17) is 4.74 Å². The molecule has 1 aromatic carbocycles. The summed E-state index contributed by atoms with van der Waals surface area (Å²) in [5.74, 6) is -1.84. The van der Waals surface area contributed by atoms with E-state index in [-0.39, 0.29) is 5.56 Å². The molecule has 0 spiro atoms. The van der Waals surface area contributed by atoms with Crippen LogP contribution in [0.1, 0.15) is 36.8 Å². The SMILES string of the molecule is CC1(C)Cc2ccc(C(F)(F)F)cc2C2OC(=O)C(=O)N21. The normalized spacial score (nSPS) is 23.7. The number of carbonyl (C=O) groups is 2. The lowest BCUT2D eigenvalue weighted by Gasteiger charge is -2.42. The largest absolute Gasteiger partial charge is 0.430 e. The first kappa shape index (κ1) is 13.9. The number of halogens is 3. The predicted octanol–water partition coefficient (Wildman–Crippen LogP) is 2.42. The van der Waals surface area contributed by atoms with Gasteiger partial charge in [-0.2, -0.15) is 13.2 Å². The van der Waals surface area contributed by atoms with E-state index in [0.717, 1.165) is 12.1 Å². The molecular weight excluding hydrogens is 287 g/mol. The van der Waals surface area contributed by atoms with Gasteiger partial charge in [0, 0.05) is 11.1 Å². The lowest BCUT2D eigenvalue weighted by atomic mass is 9.84. The molecule has 0 bridgehead atoms. The first-order valence-electron chi connectivity index (χ1n) is 6.35. The molecule has 1 fully saturated rings. The third kappa shape index (κ3) is 1.99. The maximum absolute atomic E-state index is 12.8. The van der Waals surface area contributed by atoms with Crippen molar-refractivity contribution in [2.24, 2.45) is 0 Å². The topological polar surface area (TPSA) is 46.6 Å². The molecule has 1 saturated heterocycles. The smallest absolute Gasteiger partial charge is 0.416 e. The van der Waals surface area contributed by atoms with Crippen LogP contribution in [0.3, 0.4) is 0 Å². The standard InChI is InChI=1S/C14H12F3NO3/c1-13(2)6-7-3-4-8(14(15,16)17)5-9(7)11-18(13)10(19)12(20)21-11/h3-5,11H,6H2,1-2H3. The number of alkyl halides is 3. The first-order valence-corrected chi connectivity index (χ1v) is 6.35. The third-order valence-corrected chi connectivity index (χ3v) is 3.86. The van der Waals surface area contributed by atoms with Crippen LogP contribution in [-0.4, -0.2) is 22.3 Å². The average molecular weight is 299 g/mol. The van der Waals surface area contributed by atoms with E-state index in [9.17, 15) is 22.8 Å². The van der Waals surface area contributed by atoms with Crippen molar-refractivity contribution in [3.63, 3.8) is 0 Å². The van der Waals surface area contributed by atoms with E-state index in [1.54, 1.807) is 13.8 Å². The number of carbonyl (C=O) groups excluding carboxylic acids is 2. The van der Waals surface area contributed by atoms with Gasteiger partial charge < -0.3 is 4.74 Å². The number of hydrogen-bond donors (Lipinski definition) is 0. The minimum absolute atomic E-state index is 0.225. The van der Waals surface area contributed by atoms with E-state index in [2.05, 4.69) is 0 Å². The summed E-state index contributed by atoms with van der Waals surface area (Å²) < 4.78 is 43.4. The Labute approximate surface area is 118 Å². The lowest BCUT2D eigenvalue weighted by Crippen LogP contribution is -2.51. The summed E-state index contributed by atoms with van der Waals surface area (Å²) in [4.78, 5) is 24.6. The van der Waals surface area contributed by atoms with Gasteiger partial charge >= 0.3 is 18.1 Å². The molecular formula is C14H12F3NO3. The van der Waals surface area contributed by atoms with Crippen LogP contribution in [0.15, 0.2) is 18.2 Å². The van der Waals surface area contributed by atoms with Gasteiger partial charge in [0.05, 0.1) is 5.56 Å². The molecule has 7 heteroatoms. The number of amides is 1. The number of ether oxygens (including phenoxy) is 1. The highest BCUT2D eigenvalue weighted by atomic mass is 19.4. The number of benzene rings is 1. The zero-order valence-electron chi connectivity index (χ0n) is 11.3. The van der Waals surface area contributed by atoms with E-state index in [1.807, 2.05) is 0 Å². The lowest BCUT2D eigenvalue weighted by molar-refractivity contribution is -0.149. The molecule has 3 rings (SSSR count). The average Bonchev–Trinajstić information content (AvgIpc) is 2.65. The Kier molecular flexibility index (Phi) is 2.64. The van der Waals surface area contributed by atoms with Gasteiger partial charge in [0.1, 0.15) is 0 Å². The van der Waals surface area contributed by atoms with Gasteiger partial charge in [-0.3, -0.25) is 9.69 Å². The fourth-order valence-corrected chi connectivity index (χ4v) is 2.92. The van der Waals surface area contributed by atoms with Crippen LogP contribution in [0.4, 0.5) is 13.2 Å². The summed E-state index contributed by atoms with van der Waals surface area (Å²) in [5, 5.41) is 0. The van der Waals surface area contributed by atoms with Gasteiger partial charge in [0.25, 0.3) is 0 Å². The molecule has 2 aliphatic rings. The van der Waals surface area contributed by atoms with Crippen LogP contribution >= 0.6 is 0 Å². The number of rotatable bonds is 0. The van der Waals surface area contributed by atoms with Gasteiger partial charge in [0.15, 0.2) is 0 Å². The molecule has 1 atom stereocenters. The monoisotopic (exact) mass is 299 g/mol. The van der Waals surface area contributed by atoms with Crippen LogP contribution < -0.4 is 0 Å². The zero-order valence-corrected chi connectivity index (χ0v) is 11.3. The molecule has 0 N–H and O–H groups in total. The van der Waals surface area contributed by atoms with Gasteiger partial charge in [-0.15, -0.1) is 0 Å². The molecule has 0 aromatic heterocycles. The predicted molar refractivity (Wildman–Crippen MR) is 64.9 cm³/mol. The molecule has 0 aliphatic carbocycles. The quantitative estimate of drug-likeness (QED) is 0.546. The molecule has 1 aromatic rings. The second kappa shape index (κ2) is 3.99. The fourth-order valence-electron chi connectivity index (χ4n) is 2.92. The van der Waals surface area contributed by atoms with E-state index in [0.29, 0.717) is 12.0 Å². The summed E-state index contributed by atoms with van der Waals surface area (Å²) in [6.45, 7) is 3.50. The van der Waals surface area contributed by atoms with Crippen LogP contribution in [0.25, 0.3) is 0 Å². The summed E-state index contributed by atoms with van der Waals surface area (Å²) in [6, 6.07) is 3.34. The molecule has 1 amide bonds. The third-order valence-electron chi connectivity index (χ3n) is 3.86. The molecule has 1 unspecified atom stereocenters. The van der Waals surface area contributed by atoms with Crippen LogP contribution in [-0.2, 0) is 26.9 Å². The van der Waals surface area contributed by atoms with Crippen molar-refractivity contribution in [1.29, 1.82) is 0 Å². The summed E-state index contributed by atoms with van der Waals surface area (Å²) in [7, 11) is 0. The Morgan fingerprint density at radius 2 is 1.95 bits per heavy atom. The zero-order chi connectivity index (χ0) is 15.6. The van der Waals surface area contributed by atoms with Crippen molar-refractivity contribution in [1.82, 2.24) is 4.90 Å². The maximum Gasteiger partial charge on any atom is 0.416 e. The van der Waals surface area contributed by atoms with Crippen molar-refractivity contribution in [3.05, 3.63) is 34.9 Å². The Balaban J connectivity index is 2.15. The highest BCUT2D eigenvalue weighted by Gasteiger charge is 2.52. The van der Waals surface area contributed by atoms with Gasteiger partial charge in [0.2, 0.25) is 6.23 Å². The van der Waals surface area contributed by atoms with Gasteiger partial charge in [-0.25, -0.2) is 4.79 Å². The van der Waals surface area contributed by atoms with Gasteiger partial charge in [-0.05, 0) is 38.0 Å². The second-order valence-corrected chi connectivity index (χ2v) is 5.83. The highest BCUT2D eigenvalue weighted by Crippen LogP contribution is 2.44. The van der Waals surface area contributed by atoms with Crippen LogP contribution in [0.5, 0.6) is 0 Å². The number of esters is 1. The van der Waals surface area contributed by atoms with E-state index < -0.39 is 35.4 Å². The maximum atomic E-state index is 12.8. The Bertz CT molecular complexity index is 651. The molecule has 21 heavy (non-hydrogen) atoms. The van der Waals surface area contributed by atoms with Crippen molar-refractivity contribution in [3.8, 4) is 0 Å². The highest BCUT2D eigenvalue weighted by molar-refractivity contribution is 6.34. The molecule has 0 radical (unpaired) electrons. The van der Waals surface area contributed by atoms with Crippen LogP contribution in [0.2, 0.25) is 0 Å². The van der Waals surface area contributed by atoms with Crippen molar-refractivity contribution in [2.75, 3.05) is 0 Å². The molecule has 4 nitrogen and oxygen atoms in total. The Morgan fingerprint density at radius 1 is 1.29 bits per heavy atom. The summed E-state index contributed by atoms with van der Waals surface area (Å²) in [6.07, 6.45) is -5.20. The van der Waals surface area contributed by atoms with E-state index >= 15 is 0 Å². The van der Waals surface area contributed by atoms with Crippen molar-refractivity contribution < 1.29 is 27.5 Å². The minimum atomic E-state index is -4.49. The Hall–Kier alpha value is -2.05. The summed E-state index contributed by atoms with van der Waals surface area (Å²) >= 11 is 0. The van der Waals surface area contributed by atoms with Crippen molar-refractivity contribution >= 4 is 11.9 Å². The number of hydrogen-bond acceptors (Lipinski definition) is 3. The molecule has 2 heterocycles. The molecule has 0 saturated carbocycles. The fraction of sp³-hybridized carbons (Fsp3) is 0.429. The number of fused-ring (bicyclic) bond motifs is 3. The van der Waals surface area contributed by atoms with E-state index in [1.165, 1.54) is 11.0 Å².